The lowest BCUT2D eigenvalue weighted by atomic mass is 9.83. The predicted octanol–water partition coefficient (Wildman–Crippen LogP) is 7.14. The van der Waals surface area contributed by atoms with Crippen molar-refractivity contribution in [3.05, 3.63) is 76.3 Å². The van der Waals surface area contributed by atoms with E-state index in [9.17, 15) is 22.8 Å². The molecule has 0 N–H and O–H groups in total. The number of Topliss-reactive ketones (excluding diaryl/α,β-unsaturated/α-hetero) is 1. The molecule has 0 unspecified atom stereocenters. The first-order valence-corrected chi connectivity index (χ1v) is 10.9. The van der Waals surface area contributed by atoms with Gasteiger partial charge in [0.2, 0.25) is 0 Å². The van der Waals surface area contributed by atoms with Crippen LogP contribution in [0.15, 0.2) is 60.2 Å². The van der Waals surface area contributed by atoms with Crippen LogP contribution in [0.2, 0.25) is 5.02 Å². The molecule has 0 radical (unpaired) electrons. The second-order valence-electron chi connectivity index (χ2n) is 7.40. The van der Waals surface area contributed by atoms with Crippen molar-refractivity contribution < 1.29 is 27.5 Å². The van der Waals surface area contributed by atoms with Crippen molar-refractivity contribution in [3.8, 4) is 0 Å². The SMILES string of the molecule is CCOC(=O)/C(=C\c1cccc(C(F)(F)F)c1)C(=O)C1CCCCC1.Clc1ccccc1. The molecule has 7 heteroatoms. The predicted molar refractivity (Wildman–Crippen MR) is 119 cm³/mol. The number of rotatable bonds is 5. The Bertz CT molecular complexity index is 918. The molecular formula is C25H26ClF3O3. The number of hydrogen-bond acceptors (Lipinski definition) is 3. The molecule has 1 aliphatic rings. The van der Waals surface area contributed by atoms with E-state index in [1.54, 1.807) is 6.92 Å². The molecule has 2 aromatic carbocycles. The molecule has 0 aromatic heterocycles. The van der Waals surface area contributed by atoms with E-state index in [0.29, 0.717) is 12.8 Å². The third kappa shape index (κ3) is 8.15. The molecule has 1 aliphatic carbocycles. The van der Waals surface area contributed by atoms with Gasteiger partial charge in [-0.15, -0.1) is 0 Å². The second kappa shape index (κ2) is 12.4. The minimum Gasteiger partial charge on any atom is -0.462 e. The van der Waals surface area contributed by atoms with E-state index in [4.69, 9.17) is 16.3 Å². The fourth-order valence-corrected chi connectivity index (χ4v) is 3.56. The molecular weight excluding hydrogens is 441 g/mol. The summed E-state index contributed by atoms with van der Waals surface area (Å²) in [4.78, 5) is 24.9. The maximum Gasteiger partial charge on any atom is 0.416 e. The van der Waals surface area contributed by atoms with Crippen molar-refractivity contribution in [2.45, 2.75) is 45.2 Å². The average molecular weight is 467 g/mol. The molecule has 3 rings (SSSR count). The van der Waals surface area contributed by atoms with Crippen LogP contribution in [-0.2, 0) is 20.5 Å². The first-order valence-electron chi connectivity index (χ1n) is 10.5. The number of alkyl halides is 3. The van der Waals surface area contributed by atoms with Crippen LogP contribution in [0, 0.1) is 5.92 Å². The lowest BCUT2D eigenvalue weighted by molar-refractivity contribution is -0.140. The highest BCUT2D eigenvalue weighted by molar-refractivity contribution is 6.30. The zero-order valence-corrected chi connectivity index (χ0v) is 18.6. The number of benzene rings is 2. The van der Waals surface area contributed by atoms with E-state index in [1.165, 1.54) is 18.2 Å². The van der Waals surface area contributed by atoms with Crippen LogP contribution >= 0.6 is 11.6 Å². The van der Waals surface area contributed by atoms with E-state index in [0.717, 1.165) is 36.4 Å². The van der Waals surface area contributed by atoms with E-state index >= 15 is 0 Å². The molecule has 2 aromatic rings. The van der Waals surface area contributed by atoms with Crippen LogP contribution in [0.4, 0.5) is 13.2 Å². The summed E-state index contributed by atoms with van der Waals surface area (Å²) in [6.07, 6.45) is 0.990. The topological polar surface area (TPSA) is 43.4 Å². The Labute approximate surface area is 191 Å². The molecule has 0 aliphatic heterocycles. The maximum atomic E-state index is 12.9. The quantitative estimate of drug-likeness (QED) is 0.203. The van der Waals surface area contributed by atoms with E-state index in [1.807, 2.05) is 30.3 Å². The number of carbonyl (C=O) groups is 2. The molecule has 0 saturated heterocycles. The Morgan fingerprint density at radius 2 is 1.69 bits per heavy atom. The van der Waals surface area contributed by atoms with E-state index < -0.39 is 17.7 Å². The Kier molecular flexibility index (Phi) is 9.97. The summed E-state index contributed by atoms with van der Waals surface area (Å²) >= 11 is 5.54. The van der Waals surface area contributed by atoms with E-state index in [-0.39, 0.29) is 29.4 Å². The number of ether oxygens (including phenoxy) is 1. The summed E-state index contributed by atoms with van der Waals surface area (Å²) in [5.74, 6) is -1.39. The summed E-state index contributed by atoms with van der Waals surface area (Å²) in [5.41, 5.74) is -0.843. The summed E-state index contributed by atoms with van der Waals surface area (Å²) in [6, 6.07) is 14.0. The Morgan fingerprint density at radius 1 is 1.03 bits per heavy atom. The molecule has 3 nitrogen and oxygen atoms in total. The standard InChI is InChI=1S/C19H21F3O3.C6H5Cl/c1-2-25-18(24)16(17(23)14-8-4-3-5-9-14)12-13-7-6-10-15(11-13)19(20,21)22;7-6-4-2-1-3-5-6/h6-7,10-12,14H,2-5,8-9H2,1H3;1-5H/b16-12-;. The average Bonchev–Trinajstić information content (AvgIpc) is 2.78. The lowest BCUT2D eigenvalue weighted by Gasteiger charge is -2.21. The van der Waals surface area contributed by atoms with Crippen LogP contribution in [0.1, 0.15) is 50.2 Å². The first-order chi connectivity index (χ1) is 15.2. The van der Waals surface area contributed by atoms with Crippen molar-refractivity contribution in [3.63, 3.8) is 0 Å². The summed E-state index contributed by atoms with van der Waals surface area (Å²) in [7, 11) is 0. The van der Waals surface area contributed by atoms with Gasteiger partial charge in [-0.25, -0.2) is 4.79 Å². The molecule has 172 valence electrons. The summed E-state index contributed by atoms with van der Waals surface area (Å²) in [5, 5.41) is 0.794. The van der Waals surface area contributed by atoms with Gasteiger partial charge < -0.3 is 4.74 Å². The second-order valence-corrected chi connectivity index (χ2v) is 7.83. The van der Waals surface area contributed by atoms with Gasteiger partial charge in [-0.05, 0) is 55.7 Å². The van der Waals surface area contributed by atoms with Crippen LogP contribution in [-0.4, -0.2) is 18.4 Å². The number of carbonyl (C=O) groups excluding carboxylic acids is 2. The van der Waals surface area contributed by atoms with Crippen molar-refractivity contribution in [1.29, 1.82) is 0 Å². The number of esters is 1. The highest BCUT2D eigenvalue weighted by Gasteiger charge is 2.31. The minimum absolute atomic E-state index is 0.0940. The zero-order chi connectivity index (χ0) is 23.6. The number of halogens is 4. The van der Waals surface area contributed by atoms with Gasteiger partial charge in [-0.2, -0.15) is 13.2 Å². The van der Waals surface area contributed by atoms with Crippen LogP contribution in [0.5, 0.6) is 0 Å². The van der Waals surface area contributed by atoms with E-state index in [2.05, 4.69) is 0 Å². The van der Waals surface area contributed by atoms with Gasteiger partial charge in [0.15, 0.2) is 5.78 Å². The number of hydrogen-bond donors (Lipinski definition) is 0. The Hall–Kier alpha value is -2.60. The normalized spacial score (nSPS) is 14.8. The molecule has 0 spiro atoms. The van der Waals surface area contributed by atoms with Gasteiger partial charge in [0.1, 0.15) is 5.57 Å². The minimum atomic E-state index is -4.48. The lowest BCUT2D eigenvalue weighted by Crippen LogP contribution is -2.24. The molecule has 0 bridgehead atoms. The molecule has 0 amide bonds. The van der Waals surface area contributed by atoms with Crippen LogP contribution < -0.4 is 0 Å². The largest absolute Gasteiger partial charge is 0.462 e. The molecule has 1 saturated carbocycles. The molecule has 0 heterocycles. The smallest absolute Gasteiger partial charge is 0.416 e. The van der Waals surface area contributed by atoms with Gasteiger partial charge in [-0.1, -0.05) is 61.2 Å². The summed E-state index contributed by atoms with van der Waals surface area (Å²) < 4.78 is 43.5. The third-order valence-corrected chi connectivity index (χ3v) is 5.25. The van der Waals surface area contributed by atoms with Gasteiger partial charge in [0.05, 0.1) is 12.2 Å². The third-order valence-electron chi connectivity index (χ3n) is 4.99. The molecule has 32 heavy (non-hydrogen) atoms. The summed E-state index contributed by atoms with van der Waals surface area (Å²) in [6.45, 7) is 1.71. The maximum absolute atomic E-state index is 12.9. The highest BCUT2D eigenvalue weighted by Crippen LogP contribution is 2.31. The number of ketones is 1. The van der Waals surface area contributed by atoms with Gasteiger partial charge in [0, 0.05) is 10.9 Å². The molecule has 1 fully saturated rings. The Morgan fingerprint density at radius 3 is 2.22 bits per heavy atom. The van der Waals surface area contributed by atoms with Crippen LogP contribution in [0.25, 0.3) is 6.08 Å². The molecule has 0 atom stereocenters. The monoisotopic (exact) mass is 466 g/mol. The Balaban J connectivity index is 0.000000439. The van der Waals surface area contributed by atoms with Crippen molar-refractivity contribution in [2.24, 2.45) is 5.92 Å². The van der Waals surface area contributed by atoms with Crippen molar-refractivity contribution in [1.82, 2.24) is 0 Å². The van der Waals surface area contributed by atoms with Crippen LogP contribution in [0.3, 0.4) is 0 Å². The highest BCUT2D eigenvalue weighted by atomic mass is 35.5. The van der Waals surface area contributed by atoms with Gasteiger partial charge >= 0.3 is 12.1 Å². The van der Waals surface area contributed by atoms with Crippen molar-refractivity contribution >= 4 is 29.4 Å². The zero-order valence-electron chi connectivity index (χ0n) is 17.8. The van der Waals surface area contributed by atoms with Gasteiger partial charge in [0.25, 0.3) is 0 Å². The van der Waals surface area contributed by atoms with Gasteiger partial charge in [-0.3, -0.25) is 4.79 Å². The van der Waals surface area contributed by atoms with Crippen molar-refractivity contribution in [2.75, 3.05) is 6.61 Å². The first kappa shape index (κ1) is 25.7. The fraction of sp³-hybridized carbons (Fsp3) is 0.360. The fourth-order valence-electron chi connectivity index (χ4n) is 3.41.